The van der Waals surface area contributed by atoms with Crippen LogP contribution in [0.2, 0.25) is 0 Å². The number of amides is 1. The molecule has 1 aliphatic carbocycles. The second kappa shape index (κ2) is 9.36. The van der Waals surface area contributed by atoms with Gasteiger partial charge in [0, 0.05) is 19.0 Å². The summed E-state index contributed by atoms with van der Waals surface area (Å²) in [6.45, 7) is 1.14. The molecule has 0 saturated carbocycles. The van der Waals surface area contributed by atoms with Crippen LogP contribution in [-0.4, -0.2) is 35.8 Å². The molecule has 2 aromatic rings. The van der Waals surface area contributed by atoms with Gasteiger partial charge in [0.2, 0.25) is 0 Å². The molecule has 0 aliphatic heterocycles. The van der Waals surface area contributed by atoms with Gasteiger partial charge in [0.1, 0.15) is 10.8 Å². The summed E-state index contributed by atoms with van der Waals surface area (Å²) in [6, 6.07) is 3.31. The molecule has 0 unspecified atom stereocenters. The first-order chi connectivity index (χ1) is 12.1. The Morgan fingerprint density at radius 3 is 2.85 bits per heavy atom. The third-order valence-electron chi connectivity index (χ3n) is 4.16. The Balaban J connectivity index is 0.00000243. The first-order valence-corrected chi connectivity index (χ1v) is 9.16. The van der Waals surface area contributed by atoms with E-state index in [1.807, 2.05) is 23.3 Å². The van der Waals surface area contributed by atoms with E-state index in [1.54, 1.807) is 19.2 Å². The maximum atomic E-state index is 11.1. The quantitative estimate of drug-likeness (QED) is 0.382. The summed E-state index contributed by atoms with van der Waals surface area (Å²) in [6.07, 6.45) is 4.77. The van der Waals surface area contributed by atoms with Gasteiger partial charge in [-0.25, -0.2) is 4.98 Å². The molecule has 0 atom stereocenters. The number of hydrogen-bond acceptors (Lipinski definition) is 5. The highest BCUT2D eigenvalue weighted by Crippen LogP contribution is 2.27. The SMILES string of the molecule is CN=C(NCc1ccc(C(N)=O)o1)N(C)Cc1nc2c(s1)CCCC2.I. The molecule has 0 fully saturated rings. The van der Waals surface area contributed by atoms with Crippen LogP contribution in [0.3, 0.4) is 0 Å². The van der Waals surface area contributed by atoms with Crippen LogP contribution in [0.25, 0.3) is 0 Å². The van der Waals surface area contributed by atoms with E-state index in [0.29, 0.717) is 18.8 Å². The van der Waals surface area contributed by atoms with E-state index < -0.39 is 5.91 Å². The standard InChI is InChI=1S/C17H23N5O2S.HI/c1-19-17(20-9-11-7-8-13(24-11)16(18)23)22(2)10-15-21-12-5-3-4-6-14(12)25-15;/h7-8H,3-6,9-10H2,1-2H3,(H2,18,23)(H,19,20);1H. The maximum Gasteiger partial charge on any atom is 0.284 e. The number of fused-ring (bicyclic) bond motifs is 1. The largest absolute Gasteiger partial charge is 0.454 e. The van der Waals surface area contributed by atoms with Crippen LogP contribution in [0.5, 0.6) is 0 Å². The number of primary amides is 1. The van der Waals surface area contributed by atoms with Crippen molar-refractivity contribution in [3.05, 3.63) is 39.2 Å². The minimum Gasteiger partial charge on any atom is -0.454 e. The predicted octanol–water partition coefficient (Wildman–Crippen LogP) is 2.54. The van der Waals surface area contributed by atoms with Gasteiger partial charge in [0.15, 0.2) is 11.7 Å². The molecule has 9 heteroatoms. The number of carbonyl (C=O) groups is 1. The van der Waals surface area contributed by atoms with E-state index in [4.69, 9.17) is 15.1 Å². The number of hydrogen-bond donors (Lipinski definition) is 2. The highest BCUT2D eigenvalue weighted by molar-refractivity contribution is 14.0. The Morgan fingerprint density at radius 2 is 2.19 bits per heavy atom. The van der Waals surface area contributed by atoms with Crippen LogP contribution >= 0.6 is 35.3 Å². The molecule has 1 aliphatic rings. The molecule has 0 aromatic carbocycles. The second-order valence-electron chi connectivity index (χ2n) is 6.07. The Bertz CT molecular complexity index is 762. The minimum absolute atomic E-state index is 0. The molecule has 2 heterocycles. The number of furan rings is 1. The third kappa shape index (κ3) is 4.97. The van der Waals surface area contributed by atoms with Crippen molar-refractivity contribution in [3.8, 4) is 0 Å². The number of guanidine groups is 1. The van der Waals surface area contributed by atoms with Crippen molar-refractivity contribution in [1.29, 1.82) is 0 Å². The van der Waals surface area contributed by atoms with Gasteiger partial charge in [-0.3, -0.25) is 9.79 Å². The van der Waals surface area contributed by atoms with Gasteiger partial charge in [-0.1, -0.05) is 0 Å². The number of aryl methyl sites for hydroxylation is 2. The average Bonchev–Trinajstić information content (AvgIpc) is 3.21. The summed E-state index contributed by atoms with van der Waals surface area (Å²) in [4.78, 5) is 23.6. The van der Waals surface area contributed by atoms with Crippen molar-refractivity contribution in [1.82, 2.24) is 15.2 Å². The summed E-state index contributed by atoms with van der Waals surface area (Å²) < 4.78 is 5.37. The average molecular weight is 489 g/mol. The lowest BCUT2D eigenvalue weighted by Crippen LogP contribution is -2.37. The first-order valence-electron chi connectivity index (χ1n) is 8.34. The number of aromatic nitrogens is 1. The molecule has 0 spiro atoms. The summed E-state index contributed by atoms with van der Waals surface area (Å²) in [7, 11) is 3.72. The number of rotatable bonds is 5. The van der Waals surface area contributed by atoms with Gasteiger partial charge in [-0.15, -0.1) is 35.3 Å². The van der Waals surface area contributed by atoms with Gasteiger partial charge >= 0.3 is 0 Å². The van der Waals surface area contributed by atoms with E-state index in [0.717, 1.165) is 23.8 Å². The van der Waals surface area contributed by atoms with E-state index in [2.05, 4.69) is 10.3 Å². The van der Waals surface area contributed by atoms with E-state index in [-0.39, 0.29) is 29.7 Å². The molecule has 3 N–H and O–H groups in total. The molecule has 7 nitrogen and oxygen atoms in total. The van der Waals surface area contributed by atoms with Gasteiger partial charge in [0.05, 0.1) is 18.8 Å². The van der Waals surface area contributed by atoms with Gasteiger partial charge < -0.3 is 20.4 Å². The zero-order chi connectivity index (χ0) is 17.8. The smallest absolute Gasteiger partial charge is 0.284 e. The summed E-state index contributed by atoms with van der Waals surface area (Å²) in [5, 5.41) is 4.34. The molecule has 0 radical (unpaired) electrons. The Morgan fingerprint density at radius 1 is 1.42 bits per heavy atom. The molecule has 1 amide bonds. The fourth-order valence-electron chi connectivity index (χ4n) is 2.91. The van der Waals surface area contributed by atoms with Crippen molar-refractivity contribution in [2.45, 2.75) is 38.8 Å². The number of thiazole rings is 1. The van der Waals surface area contributed by atoms with Gasteiger partial charge in [-0.2, -0.15) is 0 Å². The highest BCUT2D eigenvalue weighted by Gasteiger charge is 2.17. The molecule has 3 rings (SSSR count). The normalized spacial score (nSPS) is 13.7. The monoisotopic (exact) mass is 489 g/mol. The summed E-state index contributed by atoms with van der Waals surface area (Å²) in [5.74, 6) is 0.965. The van der Waals surface area contributed by atoms with Gasteiger partial charge in [-0.05, 0) is 37.8 Å². The van der Waals surface area contributed by atoms with Crippen LogP contribution in [0.1, 0.15) is 44.7 Å². The molecule has 142 valence electrons. The summed E-state index contributed by atoms with van der Waals surface area (Å²) in [5.41, 5.74) is 6.47. The molecular weight excluding hydrogens is 465 g/mol. The maximum absolute atomic E-state index is 11.1. The van der Waals surface area contributed by atoms with Crippen LogP contribution in [-0.2, 0) is 25.9 Å². The fraction of sp³-hybridized carbons (Fsp3) is 0.471. The van der Waals surface area contributed by atoms with Crippen molar-refractivity contribution in [3.63, 3.8) is 0 Å². The fourth-order valence-corrected chi connectivity index (χ4v) is 4.12. The lowest BCUT2D eigenvalue weighted by Gasteiger charge is -2.20. The van der Waals surface area contributed by atoms with Crippen molar-refractivity contribution in [2.24, 2.45) is 10.7 Å². The van der Waals surface area contributed by atoms with Crippen molar-refractivity contribution < 1.29 is 9.21 Å². The molecule has 26 heavy (non-hydrogen) atoms. The van der Waals surface area contributed by atoms with E-state index in [9.17, 15) is 4.79 Å². The van der Waals surface area contributed by atoms with Crippen LogP contribution in [0.15, 0.2) is 21.5 Å². The van der Waals surface area contributed by atoms with E-state index >= 15 is 0 Å². The van der Waals surface area contributed by atoms with Gasteiger partial charge in [0.25, 0.3) is 5.91 Å². The number of nitrogens with one attached hydrogen (secondary N) is 1. The number of nitrogens with zero attached hydrogens (tertiary/aromatic N) is 3. The zero-order valence-corrected chi connectivity index (χ0v) is 18.1. The Hall–Kier alpha value is -1.62. The second-order valence-corrected chi connectivity index (χ2v) is 7.24. The topological polar surface area (TPSA) is 96.7 Å². The Labute approximate surface area is 174 Å². The van der Waals surface area contributed by atoms with Crippen LogP contribution < -0.4 is 11.1 Å². The molecule has 2 aromatic heterocycles. The van der Waals surface area contributed by atoms with Crippen molar-refractivity contribution >= 4 is 47.2 Å². The number of aliphatic imine (C=N–C) groups is 1. The summed E-state index contributed by atoms with van der Waals surface area (Å²) >= 11 is 1.81. The lowest BCUT2D eigenvalue weighted by atomic mass is 10.0. The molecule has 0 bridgehead atoms. The molecule has 0 saturated heterocycles. The number of nitrogens with two attached hydrogens (primary N) is 1. The zero-order valence-electron chi connectivity index (χ0n) is 14.9. The number of carbonyl (C=O) groups excluding carboxylic acids is 1. The number of halogens is 1. The molecular formula is C17H24IN5O2S. The Kier molecular flexibility index (Phi) is 7.44. The lowest BCUT2D eigenvalue weighted by molar-refractivity contribution is 0.0972. The highest BCUT2D eigenvalue weighted by atomic mass is 127. The van der Waals surface area contributed by atoms with Crippen molar-refractivity contribution in [2.75, 3.05) is 14.1 Å². The minimum atomic E-state index is -0.569. The third-order valence-corrected chi connectivity index (χ3v) is 5.30. The van der Waals surface area contributed by atoms with Crippen LogP contribution in [0, 0.1) is 0 Å². The van der Waals surface area contributed by atoms with Crippen LogP contribution in [0.4, 0.5) is 0 Å². The predicted molar refractivity (Wildman–Crippen MR) is 113 cm³/mol. The van der Waals surface area contributed by atoms with E-state index in [1.165, 1.54) is 23.4 Å². The first kappa shape index (κ1) is 20.7.